The van der Waals surface area contributed by atoms with Crippen molar-refractivity contribution < 1.29 is 14.6 Å². The van der Waals surface area contributed by atoms with Gasteiger partial charge in [-0.05, 0) is 27.7 Å². The fourth-order valence-corrected chi connectivity index (χ4v) is 2.47. The molecule has 10 heteroatoms. The summed E-state index contributed by atoms with van der Waals surface area (Å²) >= 11 is 0. The minimum absolute atomic E-state index is 0.126. The summed E-state index contributed by atoms with van der Waals surface area (Å²) < 4.78 is 0. The van der Waals surface area contributed by atoms with E-state index < -0.39 is 27.1 Å². The van der Waals surface area contributed by atoms with Crippen LogP contribution in [0.1, 0.15) is 38.1 Å². The Bertz CT molecular complexity index is 601. The van der Waals surface area contributed by atoms with Crippen LogP contribution in [0.25, 0.3) is 0 Å². The molecule has 0 fully saturated rings. The topological polar surface area (TPSA) is 145 Å². The number of benzene rings is 1. The van der Waals surface area contributed by atoms with Crippen LogP contribution in [0.15, 0.2) is 12.1 Å². The summed E-state index contributed by atoms with van der Waals surface area (Å²) in [4.78, 5) is 34.5. The highest BCUT2D eigenvalue weighted by molar-refractivity contribution is 5.97. The number of rotatable bonds is 6. The van der Waals surface area contributed by atoms with Gasteiger partial charge in [0.25, 0.3) is 17.3 Å². The zero-order chi connectivity index (χ0) is 17.9. The van der Waals surface area contributed by atoms with Crippen molar-refractivity contribution in [2.45, 2.75) is 39.8 Å². The molecule has 0 saturated heterocycles. The maximum Gasteiger partial charge on any atom is 0.300 e. The molecule has 3 N–H and O–H groups in total. The molecule has 0 saturated carbocycles. The van der Waals surface area contributed by atoms with Crippen LogP contribution < -0.4 is 16.2 Å². The minimum atomic E-state index is -0.844. The molecule has 1 rings (SSSR count). The van der Waals surface area contributed by atoms with Crippen molar-refractivity contribution in [3.05, 3.63) is 37.9 Å². The van der Waals surface area contributed by atoms with Gasteiger partial charge in [0.2, 0.25) is 0 Å². The third-order valence-corrected chi connectivity index (χ3v) is 3.23. The molecule has 0 radical (unpaired) electrons. The number of nitrogens with one attached hydrogen (secondary N) is 1. The zero-order valence-corrected chi connectivity index (χ0v) is 13.3. The SMILES string of the molecule is CC(C)N(c1c([N+](=O)[O-])cc(C(=O)NN)cc1[N+](=O)[O-])C(C)C. The molecule has 0 unspecified atom stereocenters. The molecule has 0 heterocycles. The predicted octanol–water partition coefficient (Wildman–Crippen LogP) is 1.73. The number of nitro groups is 2. The Morgan fingerprint density at radius 1 is 1.09 bits per heavy atom. The number of carbonyl (C=O) groups excluding carboxylic acids is 1. The van der Waals surface area contributed by atoms with Crippen LogP contribution in [0, 0.1) is 20.2 Å². The molecule has 0 atom stereocenters. The van der Waals surface area contributed by atoms with E-state index in [0.717, 1.165) is 12.1 Å². The van der Waals surface area contributed by atoms with Crippen molar-refractivity contribution >= 4 is 23.0 Å². The number of amides is 1. The first-order valence-corrected chi connectivity index (χ1v) is 6.87. The van der Waals surface area contributed by atoms with Gasteiger partial charge in [0.15, 0.2) is 5.69 Å². The zero-order valence-electron chi connectivity index (χ0n) is 13.3. The molecular formula is C13H19N5O5. The Morgan fingerprint density at radius 3 is 1.74 bits per heavy atom. The van der Waals surface area contributed by atoms with Gasteiger partial charge < -0.3 is 4.90 Å². The number of anilines is 1. The lowest BCUT2D eigenvalue weighted by Gasteiger charge is -2.32. The molecule has 1 aromatic rings. The van der Waals surface area contributed by atoms with Crippen molar-refractivity contribution in [2.24, 2.45) is 5.84 Å². The Morgan fingerprint density at radius 2 is 1.48 bits per heavy atom. The van der Waals surface area contributed by atoms with Gasteiger partial charge in [-0.15, -0.1) is 0 Å². The fraction of sp³-hybridized carbons (Fsp3) is 0.462. The summed E-state index contributed by atoms with van der Waals surface area (Å²) in [6.07, 6.45) is 0. The largest absolute Gasteiger partial charge is 0.355 e. The van der Waals surface area contributed by atoms with Gasteiger partial charge in [-0.1, -0.05) is 0 Å². The molecule has 0 aliphatic carbocycles. The summed E-state index contributed by atoms with van der Waals surface area (Å²) in [5.74, 6) is 4.16. The monoisotopic (exact) mass is 325 g/mol. The number of nitrogens with zero attached hydrogens (tertiary/aromatic N) is 3. The van der Waals surface area contributed by atoms with Crippen LogP contribution in [-0.4, -0.2) is 27.8 Å². The number of hydrogen-bond acceptors (Lipinski definition) is 7. The van der Waals surface area contributed by atoms with E-state index in [-0.39, 0.29) is 23.3 Å². The molecule has 0 aliphatic heterocycles. The van der Waals surface area contributed by atoms with Gasteiger partial charge in [0.05, 0.1) is 15.4 Å². The number of hydrazine groups is 1. The third-order valence-electron chi connectivity index (χ3n) is 3.23. The molecule has 10 nitrogen and oxygen atoms in total. The van der Waals surface area contributed by atoms with E-state index in [0.29, 0.717) is 0 Å². The first-order valence-electron chi connectivity index (χ1n) is 6.87. The molecule has 1 aromatic carbocycles. The van der Waals surface area contributed by atoms with Crippen LogP contribution in [-0.2, 0) is 0 Å². The molecule has 23 heavy (non-hydrogen) atoms. The van der Waals surface area contributed by atoms with Gasteiger partial charge in [-0.2, -0.15) is 0 Å². The lowest BCUT2D eigenvalue weighted by Crippen LogP contribution is -2.38. The van der Waals surface area contributed by atoms with Crippen LogP contribution in [0.2, 0.25) is 0 Å². The lowest BCUT2D eigenvalue weighted by atomic mass is 10.1. The van der Waals surface area contributed by atoms with E-state index in [1.165, 1.54) is 0 Å². The highest BCUT2D eigenvalue weighted by atomic mass is 16.6. The molecule has 126 valence electrons. The quantitative estimate of drug-likeness (QED) is 0.350. The van der Waals surface area contributed by atoms with Crippen molar-refractivity contribution in [3.8, 4) is 0 Å². The third kappa shape index (κ3) is 3.72. The van der Waals surface area contributed by atoms with Gasteiger partial charge >= 0.3 is 0 Å². The van der Waals surface area contributed by atoms with Crippen LogP contribution in [0.5, 0.6) is 0 Å². The van der Waals surface area contributed by atoms with Crippen LogP contribution >= 0.6 is 0 Å². The Kier molecular flexibility index (Phi) is 5.57. The number of nitrogens with two attached hydrogens (primary N) is 1. The normalized spacial score (nSPS) is 10.7. The highest BCUT2D eigenvalue weighted by Gasteiger charge is 2.34. The standard InChI is InChI=1S/C13H19N5O5/c1-7(2)16(8(3)4)12-10(17(20)21)5-9(13(19)15-14)6-11(12)18(22)23/h5-8H,14H2,1-4H3,(H,15,19). The maximum atomic E-state index is 11.6. The van der Waals surface area contributed by atoms with Gasteiger partial charge in [-0.3, -0.25) is 30.4 Å². The highest BCUT2D eigenvalue weighted by Crippen LogP contribution is 2.40. The van der Waals surface area contributed by atoms with Gasteiger partial charge in [-0.25, -0.2) is 5.84 Å². The minimum Gasteiger partial charge on any atom is -0.355 e. The van der Waals surface area contributed by atoms with Gasteiger partial charge in [0.1, 0.15) is 0 Å². The average molecular weight is 325 g/mol. The van der Waals surface area contributed by atoms with Crippen LogP contribution in [0.4, 0.5) is 17.1 Å². The van der Waals surface area contributed by atoms with E-state index in [4.69, 9.17) is 5.84 Å². The fourth-order valence-electron chi connectivity index (χ4n) is 2.47. The van der Waals surface area contributed by atoms with E-state index >= 15 is 0 Å². The number of nitro benzene ring substituents is 2. The maximum absolute atomic E-state index is 11.6. The van der Waals surface area contributed by atoms with Crippen molar-refractivity contribution in [2.75, 3.05) is 4.90 Å². The Balaban J connectivity index is 3.81. The van der Waals surface area contributed by atoms with E-state index in [1.54, 1.807) is 32.6 Å². The summed E-state index contributed by atoms with van der Waals surface area (Å²) in [6, 6.07) is 1.54. The Hall–Kier alpha value is -2.75. The lowest BCUT2D eigenvalue weighted by molar-refractivity contribution is -0.392. The average Bonchev–Trinajstić information content (AvgIpc) is 2.45. The van der Waals surface area contributed by atoms with E-state index in [2.05, 4.69) is 0 Å². The van der Waals surface area contributed by atoms with Crippen molar-refractivity contribution in [1.82, 2.24) is 5.43 Å². The summed E-state index contributed by atoms with van der Waals surface area (Å²) in [6.45, 7) is 7.09. The predicted molar refractivity (Wildman–Crippen MR) is 84.2 cm³/mol. The van der Waals surface area contributed by atoms with Crippen LogP contribution in [0.3, 0.4) is 0 Å². The second-order valence-corrected chi connectivity index (χ2v) is 5.45. The smallest absolute Gasteiger partial charge is 0.300 e. The molecule has 0 spiro atoms. The molecule has 1 amide bonds. The van der Waals surface area contributed by atoms with E-state index in [9.17, 15) is 25.0 Å². The molecule has 0 aromatic heterocycles. The van der Waals surface area contributed by atoms with Crippen molar-refractivity contribution in [1.29, 1.82) is 0 Å². The molecule has 0 bridgehead atoms. The second kappa shape index (κ2) is 7.01. The number of carbonyl (C=O) groups is 1. The summed E-state index contributed by atoms with van der Waals surface area (Å²) in [5, 5.41) is 22.8. The summed E-state index contributed by atoms with van der Waals surface area (Å²) in [5.41, 5.74) is 0.408. The first kappa shape index (κ1) is 18.3. The Labute approximate surface area is 132 Å². The second-order valence-electron chi connectivity index (χ2n) is 5.45. The first-order chi connectivity index (χ1) is 10.6. The number of nitrogen functional groups attached to an aromatic ring is 1. The van der Waals surface area contributed by atoms with E-state index in [1.807, 2.05) is 5.43 Å². The summed E-state index contributed by atoms with van der Waals surface area (Å²) in [7, 11) is 0. The van der Waals surface area contributed by atoms with Gasteiger partial charge in [0, 0.05) is 24.2 Å². The molecule has 0 aliphatic rings. The number of hydrogen-bond donors (Lipinski definition) is 2. The molecular weight excluding hydrogens is 306 g/mol. The van der Waals surface area contributed by atoms with Crippen molar-refractivity contribution in [3.63, 3.8) is 0 Å².